The van der Waals surface area contributed by atoms with E-state index in [1.54, 1.807) is 36.1 Å². The van der Waals surface area contributed by atoms with Crippen molar-refractivity contribution in [3.63, 3.8) is 0 Å². The lowest BCUT2D eigenvalue weighted by Crippen LogP contribution is -2.43. The Morgan fingerprint density at radius 2 is 1.85 bits per heavy atom. The van der Waals surface area contributed by atoms with E-state index in [1.807, 2.05) is 0 Å². The lowest BCUT2D eigenvalue weighted by Gasteiger charge is -2.21. The number of aliphatic hydroxyl groups excluding tert-OH is 1. The van der Waals surface area contributed by atoms with Gasteiger partial charge in [-0.05, 0) is 54.8 Å². The van der Waals surface area contributed by atoms with Gasteiger partial charge in [0.15, 0.2) is 10.6 Å². The molecule has 2 aromatic carbocycles. The van der Waals surface area contributed by atoms with Gasteiger partial charge < -0.3 is 14.7 Å². The molecular formula is C27H26F3N3O5S. The Kier molecular flexibility index (Phi) is 6.79. The van der Waals surface area contributed by atoms with E-state index in [0.29, 0.717) is 36.5 Å². The van der Waals surface area contributed by atoms with Crippen molar-refractivity contribution in [2.75, 3.05) is 18.0 Å². The summed E-state index contributed by atoms with van der Waals surface area (Å²) in [6, 6.07) is 14.1. The zero-order valence-electron chi connectivity index (χ0n) is 20.9. The molecule has 12 heteroatoms. The number of amides is 1. The molecule has 2 fully saturated rings. The van der Waals surface area contributed by atoms with E-state index >= 15 is 0 Å². The van der Waals surface area contributed by atoms with Gasteiger partial charge in [-0.3, -0.25) is 4.79 Å². The van der Waals surface area contributed by atoms with Crippen LogP contribution in [-0.4, -0.2) is 49.2 Å². The number of aryl methyl sites for hydroxylation is 1. The van der Waals surface area contributed by atoms with Crippen LogP contribution in [0.4, 0.5) is 19.0 Å². The Hall–Kier alpha value is -3.64. The Balaban J connectivity index is 1.36. The van der Waals surface area contributed by atoms with E-state index in [-0.39, 0.29) is 23.6 Å². The number of halogens is 3. The molecule has 0 spiro atoms. The number of alkyl halides is 3. The minimum atomic E-state index is -4.48. The third-order valence-corrected chi connectivity index (χ3v) is 8.01. The summed E-state index contributed by atoms with van der Waals surface area (Å²) in [6.07, 6.45) is -3.94. The van der Waals surface area contributed by atoms with Crippen molar-refractivity contribution in [1.29, 1.82) is 0 Å². The van der Waals surface area contributed by atoms with Crippen molar-refractivity contribution in [3.05, 3.63) is 71.8 Å². The van der Waals surface area contributed by atoms with Crippen LogP contribution in [0.15, 0.2) is 65.7 Å². The Morgan fingerprint density at radius 1 is 1.13 bits per heavy atom. The highest BCUT2D eigenvalue weighted by molar-refractivity contribution is 7.90. The van der Waals surface area contributed by atoms with Gasteiger partial charge in [0.05, 0.1) is 11.7 Å². The molecule has 1 saturated heterocycles. The first-order chi connectivity index (χ1) is 18.4. The van der Waals surface area contributed by atoms with Crippen LogP contribution in [-0.2, 0) is 21.0 Å². The third kappa shape index (κ3) is 5.71. The Bertz CT molecular complexity index is 1510. The number of hydrogen-bond acceptors (Lipinski definition) is 7. The van der Waals surface area contributed by atoms with Crippen molar-refractivity contribution < 1.29 is 36.2 Å². The highest BCUT2D eigenvalue weighted by atomic mass is 32.2. The van der Waals surface area contributed by atoms with Crippen LogP contribution in [0.1, 0.15) is 30.4 Å². The number of β-amino-alcohol motifs (C(OH)–C–C–N with tert-alkyl or cyclic N) is 1. The smallest absolute Gasteiger partial charge is 0.416 e. The second kappa shape index (κ2) is 9.83. The van der Waals surface area contributed by atoms with Crippen LogP contribution in [0.2, 0.25) is 0 Å². The van der Waals surface area contributed by atoms with Crippen molar-refractivity contribution in [1.82, 2.24) is 9.71 Å². The lowest BCUT2D eigenvalue weighted by atomic mass is 10.0. The molecule has 1 aliphatic heterocycles. The van der Waals surface area contributed by atoms with E-state index in [4.69, 9.17) is 4.74 Å². The largest absolute Gasteiger partial charge is 0.477 e. The number of benzene rings is 2. The molecule has 3 aromatic rings. The molecule has 1 atom stereocenters. The predicted molar refractivity (Wildman–Crippen MR) is 137 cm³/mol. The lowest BCUT2D eigenvalue weighted by molar-refractivity contribution is -0.137. The van der Waals surface area contributed by atoms with Crippen LogP contribution >= 0.6 is 0 Å². The molecule has 206 valence electrons. The van der Waals surface area contributed by atoms with Crippen LogP contribution in [0, 0.1) is 6.92 Å². The molecule has 2 N–H and O–H groups in total. The number of ether oxygens (including phenoxy) is 1. The normalized spacial score (nSPS) is 18.6. The molecule has 1 aromatic heterocycles. The number of nitrogens with one attached hydrogen (secondary N) is 1. The Morgan fingerprint density at radius 3 is 2.46 bits per heavy atom. The predicted octanol–water partition coefficient (Wildman–Crippen LogP) is 4.06. The first-order valence-electron chi connectivity index (χ1n) is 12.3. The monoisotopic (exact) mass is 561 g/mol. The average molecular weight is 562 g/mol. The van der Waals surface area contributed by atoms with Crippen LogP contribution in [0.5, 0.6) is 5.75 Å². The zero-order chi connectivity index (χ0) is 28.0. The molecule has 1 aliphatic carbocycles. The summed E-state index contributed by atoms with van der Waals surface area (Å²) in [5, 5.41) is 9.44. The molecule has 0 unspecified atom stereocenters. The van der Waals surface area contributed by atoms with E-state index in [1.165, 1.54) is 24.3 Å². The van der Waals surface area contributed by atoms with Gasteiger partial charge >= 0.3 is 6.18 Å². The van der Waals surface area contributed by atoms with Crippen molar-refractivity contribution in [3.8, 4) is 16.9 Å². The minimum absolute atomic E-state index is 0.257. The van der Waals surface area contributed by atoms with Crippen LogP contribution < -0.4 is 14.4 Å². The van der Waals surface area contributed by atoms with Gasteiger partial charge in [-0.15, -0.1) is 0 Å². The number of aromatic nitrogens is 1. The van der Waals surface area contributed by atoms with Gasteiger partial charge in [0.1, 0.15) is 11.6 Å². The second-order valence-electron chi connectivity index (χ2n) is 9.83. The number of anilines is 1. The van der Waals surface area contributed by atoms with Crippen molar-refractivity contribution in [2.24, 2.45) is 0 Å². The summed E-state index contributed by atoms with van der Waals surface area (Å²) >= 11 is 0. The summed E-state index contributed by atoms with van der Waals surface area (Å²) in [4.78, 5) is 19.1. The number of carbonyl (C=O) groups excluding carboxylic acids is 1. The van der Waals surface area contributed by atoms with Gasteiger partial charge in [0.2, 0.25) is 0 Å². The fourth-order valence-corrected chi connectivity index (χ4v) is 5.44. The van der Waals surface area contributed by atoms with Gasteiger partial charge in [0, 0.05) is 31.5 Å². The van der Waals surface area contributed by atoms with E-state index in [9.17, 15) is 31.5 Å². The molecule has 8 nitrogen and oxygen atoms in total. The van der Waals surface area contributed by atoms with Crippen molar-refractivity contribution >= 4 is 21.7 Å². The van der Waals surface area contributed by atoms with Crippen LogP contribution in [0.25, 0.3) is 11.1 Å². The van der Waals surface area contributed by atoms with E-state index < -0.39 is 39.4 Å². The third-order valence-electron chi connectivity index (χ3n) is 6.78. The van der Waals surface area contributed by atoms with E-state index in [2.05, 4.69) is 9.71 Å². The van der Waals surface area contributed by atoms with Gasteiger partial charge in [-0.2, -0.15) is 21.6 Å². The van der Waals surface area contributed by atoms with E-state index in [0.717, 1.165) is 17.7 Å². The highest BCUT2D eigenvalue weighted by Crippen LogP contribution is 2.44. The first kappa shape index (κ1) is 26.9. The molecule has 2 aliphatic rings. The maximum Gasteiger partial charge on any atom is 0.416 e. The maximum absolute atomic E-state index is 13.2. The molecule has 0 bridgehead atoms. The second-order valence-corrected chi connectivity index (χ2v) is 11.5. The van der Waals surface area contributed by atoms with Gasteiger partial charge in [0.25, 0.3) is 15.9 Å². The fraction of sp³-hybridized carbons (Fsp3) is 0.333. The summed E-state index contributed by atoms with van der Waals surface area (Å²) in [5.74, 6) is -0.223. The Labute approximate surface area is 223 Å². The molecule has 1 saturated carbocycles. The molecule has 2 heterocycles. The highest BCUT2D eigenvalue weighted by Gasteiger charge is 2.54. The molecule has 5 rings (SSSR count). The number of hydrogen-bond donors (Lipinski definition) is 2. The number of carbonyl (C=O) groups is 1. The number of pyridine rings is 1. The number of aliphatic hydroxyl groups is 1. The zero-order valence-corrected chi connectivity index (χ0v) is 21.7. The summed E-state index contributed by atoms with van der Waals surface area (Å²) in [5.41, 5.74) is -0.522. The van der Waals surface area contributed by atoms with Gasteiger partial charge in [-0.25, -0.2) is 9.71 Å². The fourth-order valence-electron chi connectivity index (χ4n) is 4.44. The SMILES string of the molecule is Cc1ccc(-c2ccc(C(F)(F)F)cc2)c(OC2(C(=O)NS(=O)(=O)c3cccc(N4CC[C@H](O)C4)n3)CC2)c1. The molecule has 39 heavy (non-hydrogen) atoms. The molecule has 1 amide bonds. The number of sulfonamides is 1. The van der Waals surface area contributed by atoms with Crippen LogP contribution in [0.3, 0.4) is 0 Å². The standard InChI is InChI=1S/C27H26F3N3O5S/c1-17-5-10-21(18-6-8-19(9-7-18)27(28,29)30)22(15-17)38-26(12-13-26)25(35)32-39(36,37)24-4-2-3-23(31-24)33-14-11-20(34)16-33/h2-10,15,20,34H,11-14,16H2,1H3,(H,32,35)/t20-/m0/s1. The maximum atomic E-state index is 13.2. The molecule has 0 radical (unpaired) electrons. The quantitative estimate of drug-likeness (QED) is 0.448. The topological polar surface area (TPSA) is 109 Å². The summed E-state index contributed by atoms with van der Waals surface area (Å²) in [7, 11) is -4.34. The first-order valence-corrected chi connectivity index (χ1v) is 13.8. The molecular weight excluding hydrogens is 535 g/mol. The van der Waals surface area contributed by atoms with Gasteiger partial charge in [-0.1, -0.05) is 30.3 Å². The summed E-state index contributed by atoms with van der Waals surface area (Å²) in [6.45, 7) is 2.65. The minimum Gasteiger partial charge on any atom is -0.477 e. The average Bonchev–Trinajstić information content (AvgIpc) is 3.54. The number of rotatable bonds is 7. The van der Waals surface area contributed by atoms with Crippen molar-refractivity contribution in [2.45, 2.75) is 49.1 Å². The number of nitrogens with zero attached hydrogens (tertiary/aromatic N) is 2. The summed E-state index contributed by atoms with van der Waals surface area (Å²) < 4.78 is 73.3.